The molecule has 0 saturated carbocycles. The second-order valence-corrected chi connectivity index (χ2v) is 4.40. The molecule has 2 aliphatic heterocycles. The molecule has 4 nitrogen and oxygen atoms in total. The zero-order valence-electron chi connectivity index (χ0n) is 10.4. The number of nitrogens with one attached hydrogen (secondary N) is 1. The molecular formula is C11H25Cl2N3O. The van der Waals surface area contributed by atoms with Crippen LogP contribution in [0.3, 0.4) is 0 Å². The molecule has 0 aliphatic carbocycles. The van der Waals surface area contributed by atoms with Crippen molar-refractivity contribution in [3.63, 3.8) is 0 Å². The van der Waals surface area contributed by atoms with Gasteiger partial charge in [0, 0.05) is 39.3 Å². The minimum Gasteiger partial charge on any atom is -0.379 e. The van der Waals surface area contributed by atoms with Gasteiger partial charge in [-0.2, -0.15) is 0 Å². The van der Waals surface area contributed by atoms with Crippen LogP contribution in [0.1, 0.15) is 6.42 Å². The Morgan fingerprint density at radius 3 is 1.94 bits per heavy atom. The predicted octanol–water partition coefficient (Wildman–Crippen LogP) is 0.458. The van der Waals surface area contributed by atoms with Crippen molar-refractivity contribution in [3.05, 3.63) is 0 Å². The van der Waals surface area contributed by atoms with E-state index in [0.717, 1.165) is 39.4 Å². The molecule has 6 heteroatoms. The van der Waals surface area contributed by atoms with Crippen LogP contribution >= 0.6 is 24.8 Å². The number of rotatable bonds is 4. The van der Waals surface area contributed by atoms with Gasteiger partial charge < -0.3 is 15.0 Å². The maximum atomic E-state index is 5.34. The summed E-state index contributed by atoms with van der Waals surface area (Å²) in [5.41, 5.74) is 0. The molecule has 2 saturated heterocycles. The minimum atomic E-state index is 0. The first kappa shape index (κ1) is 17.4. The minimum absolute atomic E-state index is 0. The average Bonchev–Trinajstić information content (AvgIpc) is 2.32. The normalized spacial score (nSPS) is 22.6. The van der Waals surface area contributed by atoms with E-state index in [0.29, 0.717) is 0 Å². The predicted molar refractivity (Wildman–Crippen MR) is 75.7 cm³/mol. The van der Waals surface area contributed by atoms with Gasteiger partial charge in [0.15, 0.2) is 0 Å². The Balaban J connectivity index is 0.00000128. The third-order valence-electron chi connectivity index (χ3n) is 3.26. The first-order chi connectivity index (χ1) is 7.45. The van der Waals surface area contributed by atoms with Crippen LogP contribution in [-0.2, 0) is 4.74 Å². The summed E-state index contributed by atoms with van der Waals surface area (Å²) in [7, 11) is 0. The third-order valence-corrected chi connectivity index (χ3v) is 3.26. The molecule has 2 fully saturated rings. The molecule has 0 unspecified atom stereocenters. The standard InChI is InChI=1S/C11H23N3O.2ClH/c1(4-13-6-2-12-3-7-13)5-14-8-10-15-11-9-14;;/h12H,1-11H2;2*1H. The maximum absolute atomic E-state index is 5.34. The van der Waals surface area contributed by atoms with Gasteiger partial charge in [0.1, 0.15) is 0 Å². The quantitative estimate of drug-likeness (QED) is 0.812. The van der Waals surface area contributed by atoms with Gasteiger partial charge in [0.25, 0.3) is 0 Å². The molecule has 0 spiro atoms. The Morgan fingerprint density at radius 2 is 1.35 bits per heavy atom. The van der Waals surface area contributed by atoms with E-state index in [-0.39, 0.29) is 24.8 Å². The molecule has 17 heavy (non-hydrogen) atoms. The fourth-order valence-corrected chi connectivity index (χ4v) is 2.28. The summed E-state index contributed by atoms with van der Waals surface area (Å²) in [5.74, 6) is 0. The van der Waals surface area contributed by atoms with Gasteiger partial charge in [-0.1, -0.05) is 0 Å². The van der Waals surface area contributed by atoms with Crippen molar-refractivity contribution in [2.75, 3.05) is 65.6 Å². The Kier molecular flexibility index (Phi) is 10.6. The molecule has 0 bridgehead atoms. The Labute approximate surface area is 117 Å². The number of ether oxygens (including phenoxy) is 1. The van der Waals surface area contributed by atoms with Gasteiger partial charge >= 0.3 is 0 Å². The number of halogens is 2. The van der Waals surface area contributed by atoms with E-state index in [4.69, 9.17) is 4.74 Å². The van der Waals surface area contributed by atoms with Crippen LogP contribution in [0.2, 0.25) is 0 Å². The van der Waals surface area contributed by atoms with Gasteiger partial charge in [-0.05, 0) is 19.5 Å². The van der Waals surface area contributed by atoms with E-state index in [2.05, 4.69) is 15.1 Å². The van der Waals surface area contributed by atoms with Crippen LogP contribution in [-0.4, -0.2) is 75.4 Å². The molecule has 1 N–H and O–H groups in total. The fraction of sp³-hybridized carbons (Fsp3) is 1.00. The number of hydrogen-bond donors (Lipinski definition) is 1. The SMILES string of the molecule is C(CN1CCNCC1)CN1CCOCC1.Cl.Cl. The van der Waals surface area contributed by atoms with E-state index in [9.17, 15) is 0 Å². The lowest BCUT2D eigenvalue weighted by Crippen LogP contribution is -2.44. The van der Waals surface area contributed by atoms with Crippen molar-refractivity contribution >= 4 is 24.8 Å². The molecule has 0 atom stereocenters. The highest BCUT2D eigenvalue weighted by Crippen LogP contribution is 2.00. The summed E-state index contributed by atoms with van der Waals surface area (Å²) in [6.45, 7) is 11.4. The summed E-state index contributed by atoms with van der Waals surface area (Å²) in [6.07, 6.45) is 1.31. The van der Waals surface area contributed by atoms with Crippen LogP contribution in [0, 0.1) is 0 Å². The Hall–Kier alpha value is 0.420. The fourth-order valence-electron chi connectivity index (χ4n) is 2.28. The monoisotopic (exact) mass is 285 g/mol. The largest absolute Gasteiger partial charge is 0.379 e. The van der Waals surface area contributed by atoms with Gasteiger partial charge in [-0.3, -0.25) is 4.90 Å². The second kappa shape index (κ2) is 10.4. The number of hydrogen-bond acceptors (Lipinski definition) is 4. The molecule has 0 aromatic heterocycles. The summed E-state index contributed by atoms with van der Waals surface area (Å²) >= 11 is 0. The van der Waals surface area contributed by atoms with Crippen LogP contribution in [0.5, 0.6) is 0 Å². The molecule has 0 amide bonds. The molecule has 0 aromatic rings. The van der Waals surface area contributed by atoms with Gasteiger partial charge in [0.05, 0.1) is 13.2 Å². The Bertz CT molecular complexity index is 156. The summed E-state index contributed by atoms with van der Waals surface area (Å²) in [4.78, 5) is 5.09. The zero-order valence-corrected chi connectivity index (χ0v) is 12.0. The molecule has 2 rings (SSSR count). The molecule has 2 heterocycles. The van der Waals surface area contributed by atoms with Gasteiger partial charge in [0.2, 0.25) is 0 Å². The van der Waals surface area contributed by atoms with Crippen molar-refractivity contribution in [1.82, 2.24) is 15.1 Å². The molecule has 0 aromatic carbocycles. The van der Waals surface area contributed by atoms with Crippen LogP contribution < -0.4 is 5.32 Å². The number of piperazine rings is 1. The molecule has 104 valence electrons. The number of nitrogens with zero attached hydrogens (tertiary/aromatic N) is 2. The van der Waals surface area contributed by atoms with Gasteiger partial charge in [-0.25, -0.2) is 0 Å². The topological polar surface area (TPSA) is 27.7 Å². The van der Waals surface area contributed by atoms with E-state index in [1.165, 1.54) is 32.6 Å². The van der Waals surface area contributed by atoms with Crippen molar-refractivity contribution in [3.8, 4) is 0 Å². The Morgan fingerprint density at radius 1 is 0.824 bits per heavy atom. The highest BCUT2D eigenvalue weighted by molar-refractivity contribution is 5.85. The zero-order chi connectivity index (χ0) is 10.3. The lowest BCUT2D eigenvalue weighted by molar-refractivity contribution is 0.0359. The van der Waals surface area contributed by atoms with Gasteiger partial charge in [-0.15, -0.1) is 24.8 Å². The molecule has 0 radical (unpaired) electrons. The molecule has 2 aliphatic rings. The third kappa shape index (κ3) is 6.79. The lowest BCUT2D eigenvalue weighted by Gasteiger charge is -2.30. The van der Waals surface area contributed by atoms with E-state index in [1.54, 1.807) is 0 Å². The maximum Gasteiger partial charge on any atom is 0.0594 e. The van der Waals surface area contributed by atoms with Crippen LogP contribution in [0.15, 0.2) is 0 Å². The van der Waals surface area contributed by atoms with E-state index in [1.807, 2.05) is 0 Å². The van der Waals surface area contributed by atoms with Crippen molar-refractivity contribution in [2.24, 2.45) is 0 Å². The second-order valence-electron chi connectivity index (χ2n) is 4.40. The number of morpholine rings is 1. The summed E-state index contributed by atoms with van der Waals surface area (Å²) in [5, 5.41) is 3.39. The average molecular weight is 286 g/mol. The molecular weight excluding hydrogens is 261 g/mol. The van der Waals surface area contributed by atoms with Crippen LogP contribution in [0.4, 0.5) is 0 Å². The smallest absolute Gasteiger partial charge is 0.0594 e. The first-order valence-corrected chi connectivity index (χ1v) is 6.18. The summed E-state index contributed by atoms with van der Waals surface area (Å²) in [6, 6.07) is 0. The van der Waals surface area contributed by atoms with E-state index >= 15 is 0 Å². The van der Waals surface area contributed by atoms with E-state index < -0.39 is 0 Å². The lowest BCUT2D eigenvalue weighted by atomic mass is 10.3. The van der Waals surface area contributed by atoms with Crippen LogP contribution in [0.25, 0.3) is 0 Å². The summed E-state index contributed by atoms with van der Waals surface area (Å²) < 4.78 is 5.34. The highest BCUT2D eigenvalue weighted by Gasteiger charge is 2.12. The van der Waals surface area contributed by atoms with Crippen molar-refractivity contribution in [1.29, 1.82) is 0 Å². The van der Waals surface area contributed by atoms with Crippen molar-refractivity contribution in [2.45, 2.75) is 6.42 Å². The van der Waals surface area contributed by atoms with Crippen molar-refractivity contribution < 1.29 is 4.74 Å². The highest BCUT2D eigenvalue weighted by atomic mass is 35.5. The first-order valence-electron chi connectivity index (χ1n) is 6.18.